The summed E-state index contributed by atoms with van der Waals surface area (Å²) in [5, 5.41) is 3.53. The highest BCUT2D eigenvalue weighted by Crippen LogP contribution is 2.31. The molecule has 3 aromatic heterocycles. The second-order valence-electron chi connectivity index (χ2n) is 11.9. The van der Waals surface area contributed by atoms with Gasteiger partial charge in [0.1, 0.15) is 34.7 Å². The van der Waals surface area contributed by atoms with Gasteiger partial charge in [-0.25, -0.2) is 14.5 Å². The molecule has 1 N–H and O–H groups in total. The van der Waals surface area contributed by atoms with Gasteiger partial charge in [0, 0.05) is 17.6 Å². The average molecular weight is 626 g/mol. The van der Waals surface area contributed by atoms with Gasteiger partial charge in [-0.15, -0.1) is 0 Å². The number of nitrogens with zero attached hydrogens (tertiary/aromatic N) is 5. The lowest BCUT2D eigenvalue weighted by molar-refractivity contribution is -0.862. The Bertz CT molecular complexity index is 1930. The molecule has 5 aromatic rings. The van der Waals surface area contributed by atoms with Gasteiger partial charge in [-0.3, -0.25) is 19.3 Å². The van der Waals surface area contributed by atoms with Gasteiger partial charge in [-0.1, -0.05) is 18.2 Å². The van der Waals surface area contributed by atoms with E-state index in [9.17, 15) is 14.4 Å². The molecule has 0 fully saturated rings. The summed E-state index contributed by atoms with van der Waals surface area (Å²) in [4.78, 5) is 48.5. The molecule has 3 heterocycles. The molecule has 1 atom stereocenters. The van der Waals surface area contributed by atoms with Crippen molar-refractivity contribution in [2.45, 2.75) is 26.5 Å². The Labute approximate surface area is 266 Å². The van der Waals surface area contributed by atoms with Crippen molar-refractivity contribution in [1.29, 1.82) is 0 Å². The molecule has 0 aliphatic rings. The van der Waals surface area contributed by atoms with Gasteiger partial charge in [0.15, 0.2) is 6.54 Å². The number of para-hydroxylation sites is 1. The summed E-state index contributed by atoms with van der Waals surface area (Å²) in [6.45, 7) is 3.80. The number of benzene rings is 2. The highest BCUT2D eigenvalue weighted by molar-refractivity contribution is 6.04. The minimum absolute atomic E-state index is 0.0467. The molecule has 0 bridgehead atoms. The zero-order valence-corrected chi connectivity index (χ0v) is 26.7. The van der Waals surface area contributed by atoms with Crippen LogP contribution in [0.25, 0.3) is 16.6 Å². The van der Waals surface area contributed by atoms with E-state index in [4.69, 9.17) is 14.2 Å². The third-order valence-corrected chi connectivity index (χ3v) is 7.11. The molecular formula is C34H37N6O6+. The molecule has 12 nitrogen and oxygen atoms in total. The maximum atomic E-state index is 13.8. The van der Waals surface area contributed by atoms with Gasteiger partial charge >= 0.3 is 5.97 Å². The molecule has 238 valence electrons. The SMILES string of the molecule is COc1ccc2c(Oc3ccc(NC(=O)c4c(C)n(C[C@@H](C)OC(=O)C[N+](C)(C)C)n(-c5ccccc5)c4=O)nc3)ccnc2c1. The number of esters is 1. The van der Waals surface area contributed by atoms with Crippen molar-refractivity contribution in [3.05, 3.63) is 101 Å². The van der Waals surface area contributed by atoms with Gasteiger partial charge in [-0.05, 0) is 56.3 Å². The van der Waals surface area contributed by atoms with Gasteiger partial charge in [-0.2, -0.15) is 0 Å². The Morgan fingerprint density at radius 3 is 2.39 bits per heavy atom. The van der Waals surface area contributed by atoms with E-state index in [-0.39, 0.29) is 30.4 Å². The normalized spacial score (nSPS) is 12.0. The molecule has 2 aromatic carbocycles. The van der Waals surface area contributed by atoms with Crippen LogP contribution in [0.15, 0.2) is 83.9 Å². The summed E-state index contributed by atoms with van der Waals surface area (Å²) < 4.78 is 20.5. The maximum absolute atomic E-state index is 13.8. The Balaban J connectivity index is 1.37. The lowest BCUT2D eigenvalue weighted by atomic mass is 10.2. The van der Waals surface area contributed by atoms with Crippen molar-refractivity contribution in [2.24, 2.45) is 0 Å². The van der Waals surface area contributed by atoms with Crippen molar-refractivity contribution in [2.75, 3.05) is 40.1 Å². The molecule has 0 spiro atoms. The van der Waals surface area contributed by atoms with Gasteiger partial charge in [0.05, 0.1) is 57.9 Å². The number of fused-ring (bicyclic) bond motifs is 1. The second kappa shape index (κ2) is 13.2. The summed E-state index contributed by atoms with van der Waals surface area (Å²) in [6, 6.07) is 19.5. The first-order chi connectivity index (χ1) is 21.9. The van der Waals surface area contributed by atoms with Gasteiger partial charge in [0.2, 0.25) is 0 Å². The average Bonchev–Trinajstić information content (AvgIpc) is 3.25. The number of carbonyl (C=O) groups is 2. The van der Waals surface area contributed by atoms with E-state index in [0.717, 1.165) is 5.39 Å². The first-order valence-electron chi connectivity index (χ1n) is 14.7. The van der Waals surface area contributed by atoms with Crippen LogP contribution in [0.5, 0.6) is 17.2 Å². The minimum atomic E-state index is -0.615. The summed E-state index contributed by atoms with van der Waals surface area (Å²) in [5.74, 6) is 0.990. The van der Waals surface area contributed by atoms with Crippen LogP contribution >= 0.6 is 0 Å². The highest BCUT2D eigenvalue weighted by Gasteiger charge is 2.26. The fraction of sp³-hybridized carbons (Fsp3) is 0.265. The molecule has 0 saturated carbocycles. The Hall–Kier alpha value is -5.49. The molecule has 0 unspecified atom stereocenters. The van der Waals surface area contributed by atoms with Crippen molar-refractivity contribution in [1.82, 2.24) is 19.3 Å². The Morgan fingerprint density at radius 2 is 1.72 bits per heavy atom. The topological polar surface area (TPSA) is 127 Å². The Kier molecular flexibility index (Phi) is 9.19. The monoisotopic (exact) mass is 625 g/mol. The molecule has 0 radical (unpaired) electrons. The highest BCUT2D eigenvalue weighted by atomic mass is 16.5. The lowest BCUT2D eigenvalue weighted by Crippen LogP contribution is -2.41. The quantitative estimate of drug-likeness (QED) is 0.167. The van der Waals surface area contributed by atoms with E-state index in [1.807, 2.05) is 45.4 Å². The molecule has 46 heavy (non-hydrogen) atoms. The van der Waals surface area contributed by atoms with Crippen molar-refractivity contribution in [3.8, 4) is 22.9 Å². The number of hydrogen-bond donors (Lipinski definition) is 1. The van der Waals surface area contributed by atoms with Gasteiger partial charge < -0.3 is 24.0 Å². The first-order valence-corrected chi connectivity index (χ1v) is 14.7. The number of likely N-dealkylation sites (N-methyl/N-ethyl adjacent to an activating group) is 1. The largest absolute Gasteiger partial charge is 0.497 e. The van der Waals surface area contributed by atoms with Crippen LogP contribution < -0.4 is 20.3 Å². The van der Waals surface area contributed by atoms with Crippen LogP contribution in [0.2, 0.25) is 0 Å². The maximum Gasteiger partial charge on any atom is 0.362 e. The molecule has 0 aliphatic carbocycles. The number of aromatic nitrogens is 4. The zero-order chi connectivity index (χ0) is 33.0. The molecule has 12 heteroatoms. The zero-order valence-electron chi connectivity index (χ0n) is 26.7. The van der Waals surface area contributed by atoms with Crippen LogP contribution in [0.3, 0.4) is 0 Å². The minimum Gasteiger partial charge on any atom is -0.497 e. The number of methoxy groups -OCH3 is 1. The third kappa shape index (κ3) is 7.24. The Morgan fingerprint density at radius 1 is 0.978 bits per heavy atom. The fourth-order valence-electron chi connectivity index (χ4n) is 5.02. The summed E-state index contributed by atoms with van der Waals surface area (Å²) in [7, 11) is 7.29. The summed E-state index contributed by atoms with van der Waals surface area (Å²) in [6.07, 6.45) is 2.56. The van der Waals surface area contributed by atoms with Crippen molar-refractivity contribution in [3.63, 3.8) is 0 Å². The van der Waals surface area contributed by atoms with E-state index in [0.29, 0.717) is 38.6 Å². The smallest absolute Gasteiger partial charge is 0.362 e. The number of ether oxygens (including phenoxy) is 3. The van der Waals surface area contributed by atoms with Crippen LogP contribution in [-0.2, 0) is 16.1 Å². The molecule has 0 aliphatic heterocycles. The van der Waals surface area contributed by atoms with E-state index < -0.39 is 17.6 Å². The van der Waals surface area contributed by atoms with Crippen molar-refractivity contribution >= 4 is 28.6 Å². The van der Waals surface area contributed by atoms with E-state index >= 15 is 0 Å². The standard InChI is InChI=1S/C34H36N6O6/c1-22(45-31(41)21-40(3,4)5)20-38-23(2)32(34(43)39(38)24-10-8-7-9-11-24)33(42)37-30-15-13-26(19-36-30)46-29-16-17-35-28-18-25(44-6)12-14-27(28)29/h7-19,22H,20-21H2,1-6H3/p+1/t22-/m1/s1. The molecule has 0 saturated heterocycles. The number of quaternary nitrogens is 1. The number of rotatable bonds is 11. The van der Waals surface area contributed by atoms with E-state index in [1.54, 1.807) is 74.3 Å². The third-order valence-electron chi connectivity index (χ3n) is 7.11. The fourth-order valence-corrected chi connectivity index (χ4v) is 5.02. The molecule has 1 amide bonds. The number of nitrogens with one attached hydrogen (secondary N) is 1. The number of hydrogen-bond acceptors (Lipinski definition) is 8. The summed E-state index contributed by atoms with van der Waals surface area (Å²) >= 11 is 0. The van der Waals surface area contributed by atoms with E-state index in [1.165, 1.54) is 10.9 Å². The summed E-state index contributed by atoms with van der Waals surface area (Å²) in [5.41, 5.74) is 1.15. The van der Waals surface area contributed by atoms with Crippen LogP contribution in [0.1, 0.15) is 23.0 Å². The van der Waals surface area contributed by atoms with Gasteiger partial charge in [0.25, 0.3) is 11.5 Å². The predicted octanol–water partition coefficient (Wildman–Crippen LogP) is 4.58. The predicted molar refractivity (Wildman–Crippen MR) is 174 cm³/mol. The van der Waals surface area contributed by atoms with E-state index in [2.05, 4.69) is 15.3 Å². The number of carbonyl (C=O) groups excluding carboxylic acids is 2. The number of amides is 1. The lowest BCUT2D eigenvalue weighted by Gasteiger charge is -2.24. The first kappa shape index (κ1) is 31.9. The molecular weight excluding hydrogens is 588 g/mol. The van der Waals surface area contributed by atoms with Crippen molar-refractivity contribution < 1.29 is 28.3 Å². The van der Waals surface area contributed by atoms with Crippen LogP contribution in [0, 0.1) is 6.92 Å². The number of anilines is 1. The van der Waals surface area contributed by atoms with Crippen LogP contribution in [0.4, 0.5) is 5.82 Å². The second-order valence-corrected chi connectivity index (χ2v) is 11.9. The van der Waals surface area contributed by atoms with Crippen LogP contribution in [-0.4, -0.2) is 76.6 Å². The number of pyridine rings is 2. The molecule has 5 rings (SSSR count).